The van der Waals surface area contributed by atoms with Crippen LogP contribution in [-0.4, -0.2) is 14.5 Å². The van der Waals surface area contributed by atoms with Gasteiger partial charge >= 0.3 is 0 Å². The topological polar surface area (TPSA) is 43.8 Å². The number of aryl methyl sites for hydroxylation is 2. The predicted molar refractivity (Wildman–Crippen MR) is 91.4 cm³/mol. The molecule has 0 aliphatic heterocycles. The van der Waals surface area contributed by atoms with Crippen LogP contribution in [0.4, 0.5) is 4.39 Å². The second kappa shape index (κ2) is 5.50. The first kappa shape index (κ1) is 14.7. The lowest BCUT2D eigenvalue weighted by Gasteiger charge is -2.09. The van der Waals surface area contributed by atoms with Crippen LogP contribution in [0.3, 0.4) is 0 Å². The fourth-order valence-corrected chi connectivity index (χ4v) is 2.67. The molecule has 1 aromatic heterocycles. The van der Waals surface area contributed by atoms with Crippen LogP contribution in [0.2, 0.25) is 0 Å². The van der Waals surface area contributed by atoms with Crippen LogP contribution >= 0.6 is 12.2 Å². The molecule has 5 heteroatoms. The Morgan fingerprint density at radius 2 is 1.91 bits per heavy atom. The van der Waals surface area contributed by atoms with Crippen LogP contribution in [0.1, 0.15) is 11.1 Å². The minimum absolute atomic E-state index is 0.310. The van der Waals surface area contributed by atoms with E-state index in [1.165, 1.54) is 6.07 Å². The molecular formula is C17H16FN3S. The van der Waals surface area contributed by atoms with Gasteiger partial charge in [0.2, 0.25) is 0 Å². The number of fused-ring (bicyclic) bond motifs is 1. The molecule has 112 valence electrons. The van der Waals surface area contributed by atoms with E-state index in [9.17, 15) is 4.39 Å². The number of nitrogens with two attached hydrogens (primary N) is 1. The van der Waals surface area contributed by atoms with Crippen molar-refractivity contribution in [2.45, 2.75) is 20.4 Å². The van der Waals surface area contributed by atoms with E-state index in [4.69, 9.17) is 18.0 Å². The highest BCUT2D eigenvalue weighted by Gasteiger charge is 2.16. The van der Waals surface area contributed by atoms with Gasteiger partial charge in [0.25, 0.3) is 0 Å². The molecule has 3 aromatic rings. The van der Waals surface area contributed by atoms with E-state index in [0.717, 1.165) is 22.2 Å². The second-order valence-corrected chi connectivity index (χ2v) is 5.92. The third kappa shape index (κ3) is 2.48. The number of rotatable bonds is 3. The zero-order valence-electron chi connectivity index (χ0n) is 12.4. The molecule has 0 amide bonds. The van der Waals surface area contributed by atoms with Gasteiger partial charge in [-0.2, -0.15) is 0 Å². The van der Waals surface area contributed by atoms with Crippen LogP contribution in [0.25, 0.3) is 22.4 Å². The average Bonchev–Trinajstić information content (AvgIpc) is 2.77. The van der Waals surface area contributed by atoms with E-state index in [0.29, 0.717) is 22.9 Å². The molecule has 0 radical (unpaired) electrons. The van der Waals surface area contributed by atoms with Crippen molar-refractivity contribution in [1.82, 2.24) is 9.55 Å². The zero-order chi connectivity index (χ0) is 15.9. The fourth-order valence-electron chi connectivity index (χ4n) is 2.54. The quantitative estimate of drug-likeness (QED) is 0.749. The van der Waals surface area contributed by atoms with Gasteiger partial charge < -0.3 is 10.3 Å². The molecule has 0 aliphatic carbocycles. The summed E-state index contributed by atoms with van der Waals surface area (Å²) in [6, 6.07) is 10.6. The summed E-state index contributed by atoms with van der Waals surface area (Å²) in [6.07, 6.45) is 0. The summed E-state index contributed by atoms with van der Waals surface area (Å²) in [5.41, 5.74) is 10.2. The molecular weight excluding hydrogens is 297 g/mol. The lowest BCUT2D eigenvalue weighted by molar-refractivity contribution is 0.628. The van der Waals surface area contributed by atoms with Gasteiger partial charge in [0.1, 0.15) is 11.6 Å². The zero-order valence-corrected chi connectivity index (χ0v) is 13.2. The van der Waals surface area contributed by atoms with Gasteiger partial charge in [-0.1, -0.05) is 24.4 Å². The van der Waals surface area contributed by atoms with Crippen LogP contribution in [0, 0.1) is 19.7 Å². The molecule has 0 aliphatic rings. The number of thiocarbonyl (C=S) groups is 1. The van der Waals surface area contributed by atoms with Gasteiger partial charge in [-0.05, 0) is 49.2 Å². The lowest BCUT2D eigenvalue weighted by Crippen LogP contribution is -2.17. The number of benzene rings is 2. The van der Waals surface area contributed by atoms with Crippen LogP contribution < -0.4 is 5.73 Å². The lowest BCUT2D eigenvalue weighted by atomic mass is 10.1. The summed E-state index contributed by atoms with van der Waals surface area (Å²) in [5, 5.41) is 0. The van der Waals surface area contributed by atoms with Gasteiger partial charge in [0, 0.05) is 0 Å². The van der Waals surface area contributed by atoms with Crippen molar-refractivity contribution in [2.24, 2.45) is 5.73 Å². The summed E-state index contributed by atoms with van der Waals surface area (Å²) in [4.78, 5) is 4.95. The molecule has 0 atom stereocenters. The molecule has 22 heavy (non-hydrogen) atoms. The van der Waals surface area contributed by atoms with Crippen molar-refractivity contribution in [3.8, 4) is 11.4 Å². The minimum atomic E-state index is -0.310. The Hall–Kier alpha value is -2.27. The first-order chi connectivity index (χ1) is 10.5. The second-order valence-electron chi connectivity index (χ2n) is 5.39. The highest BCUT2D eigenvalue weighted by Crippen LogP contribution is 2.28. The Morgan fingerprint density at radius 1 is 1.23 bits per heavy atom. The van der Waals surface area contributed by atoms with E-state index in [1.54, 1.807) is 18.2 Å². The summed E-state index contributed by atoms with van der Waals surface area (Å²) < 4.78 is 16.0. The maximum absolute atomic E-state index is 14.2. The summed E-state index contributed by atoms with van der Waals surface area (Å²) >= 11 is 5.04. The van der Waals surface area contributed by atoms with Gasteiger partial charge in [0.15, 0.2) is 0 Å². The minimum Gasteiger partial charge on any atom is -0.392 e. The smallest absolute Gasteiger partial charge is 0.144 e. The summed E-state index contributed by atoms with van der Waals surface area (Å²) in [5.74, 6) is 0.237. The van der Waals surface area contributed by atoms with Gasteiger partial charge in [-0.25, -0.2) is 9.37 Å². The summed E-state index contributed by atoms with van der Waals surface area (Å²) in [6.45, 7) is 4.40. The Balaban J connectivity index is 2.33. The summed E-state index contributed by atoms with van der Waals surface area (Å²) in [7, 11) is 0. The number of imidazole rings is 1. The molecule has 0 bridgehead atoms. The molecule has 3 nitrogen and oxygen atoms in total. The van der Waals surface area contributed by atoms with Crippen LogP contribution in [0.5, 0.6) is 0 Å². The molecule has 1 heterocycles. The first-order valence-electron chi connectivity index (χ1n) is 6.98. The monoisotopic (exact) mass is 313 g/mol. The molecule has 0 fully saturated rings. The van der Waals surface area contributed by atoms with Crippen molar-refractivity contribution in [1.29, 1.82) is 0 Å². The maximum atomic E-state index is 14.2. The van der Waals surface area contributed by atoms with Crippen LogP contribution in [-0.2, 0) is 6.54 Å². The average molecular weight is 313 g/mol. The number of aromatic nitrogens is 2. The van der Waals surface area contributed by atoms with E-state index in [-0.39, 0.29) is 5.82 Å². The van der Waals surface area contributed by atoms with Crippen molar-refractivity contribution in [2.75, 3.05) is 0 Å². The van der Waals surface area contributed by atoms with Gasteiger partial charge in [0.05, 0.1) is 28.1 Å². The third-order valence-electron chi connectivity index (χ3n) is 3.79. The van der Waals surface area contributed by atoms with Crippen molar-refractivity contribution in [3.05, 3.63) is 53.3 Å². The van der Waals surface area contributed by atoms with Crippen molar-refractivity contribution >= 4 is 28.2 Å². The highest BCUT2D eigenvalue weighted by atomic mass is 32.1. The molecule has 0 saturated heterocycles. The maximum Gasteiger partial charge on any atom is 0.144 e. The molecule has 0 spiro atoms. The Morgan fingerprint density at radius 3 is 2.59 bits per heavy atom. The Labute approximate surface area is 133 Å². The van der Waals surface area contributed by atoms with Gasteiger partial charge in [-0.15, -0.1) is 0 Å². The normalized spacial score (nSPS) is 11.0. The highest BCUT2D eigenvalue weighted by molar-refractivity contribution is 7.80. The van der Waals surface area contributed by atoms with Crippen molar-refractivity contribution in [3.63, 3.8) is 0 Å². The largest absolute Gasteiger partial charge is 0.392 e. The van der Waals surface area contributed by atoms with E-state index < -0.39 is 0 Å². The number of hydrogen-bond acceptors (Lipinski definition) is 2. The molecule has 2 aromatic carbocycles. The molecule has 0 unspecified atom stereocenters. The fraction of sp³-hybridized carbons (Fsp3) is 0.176. The number of halogens is 1. The Bertz CT molecular complexity index is 883. The van der Waals surface area contributed by atoms with Gasteiger partial charge in [-0.3, -0.25) is 0 Å². The van der Waals surface area contributed by atoms with E-state index >= 15 is 0 Å². The third-order valence-corrected chi connectivity index (χ3v) is 3.92. The SMILES string of the molecule is Cc1cc2nc(-c3ccccc3F)n(CC(N)=S)c2cc1C. The molecule has 3 rings (SSSR count). The van der Waals surface area contributed by atoms with E-state index in [1.807, 2.05) is 30.5 Å². The number of nitrogens with zero attached hydrogens (tertiary/aromatic N) is 2. The van der Waals surface area contributed by atoms with E-state index in [2.05, 4.69) is 4.98 Å². The molecule has 0 saturated carbocycles. The Kier molecular flexibility index (Phi) is 3.66. The standard InChI is InChI=1S/C17H16FN3S/c1-10-7-14-15(8-11(10)2)21(9-16(19)22)17(20-14)12-5-3-4-6-13(12)18/h3-8H,9H2,1-2H3,(H2,19,22). The van der Waals surface area contributed by atoms with Crippen molar-refractivity contribution < 1.29 is 4.39 Å². The number of hydrogen-bond donors (Lipinski definition) is 1. The first-order valence-corrected chi connectivity index (χ1v) is 7.39. The predicted octanol–water partition coefficient (Wildman–Crippen LogP) is 3.75. The van der Waals surface area contributed by atoms with Crippen LogP contribution in [0.15, 0.2) is 36.4 Å². The molecule has 2 N–H and O–H groups in total.